The minimum atomic E-state index is -4.15. The Balaban J connectivity index is 1.44. The molecule has 0 spiro atoms. The molecule has 1 saturated carbocycles. The number of aromatic nitrogens is 1. The zero-order valence-electron chi connectivity index (χ0n) is 22.8. The standard InChI is InChI=1S/C31H28ClF2N3O5S/c32-23-6-3-9-27(17-23)43(39,40)36-30(38)22-10-12-24(13-11-22)37(20-21-5-4-16-35-19-21)25-14-15-28(42-31(33)34)29(18-25)41-26-7-1-2-8-26/h3-6,9-19,26,31H,1-2,7-8,20H2,(H,36,38). The van der Waals surface area contributed by atoms with Gasteiger partial charge in [-0.15, -0.1) is 0 Å². The Morgan fingerprint density at radius 1 is 0.977 bits per heavy atom. The van der Waals surface area contributed by atoms with Gasteiger partial charge in [0.2, 0.25) is 0 Å². The van der Waals surface area contributed by atoms with Crippen LogP contribution in [0.5, 0.6) is 11.5 Å². The third-order valence-corrected chi connectivity index (χ3v) is 8.45. The van der Waals surface area contributed by atoms with E-state index in [-0.39, 0.29) is 33.1 Å². The number of nitrogens with one attached hydrogen (secondary N) is 1. The number of pyridine rings is 1. The molecular formula is C31H28ClF2N3O5S. The molecule has 1 amide bonds. The number of carbonyl (C=O) groups is 1. The number of ether oxygens (including phenoxy) is 2. The van der Waals surface area contributed by atoms with Gasteiger partial charge < -0.3 is 14.4 Å². The highest BCUT2D eigenvalue weighted by Crippen LogP contribution is 2.38. The quantitative estimate of drug-likeness (QED) is 0.189. The molecule has 1 N–H and O–H groups in total. The van der Waals surface area contributed by atoms with Crippen molar-refractivity contribution in [3.05, 3.63) is 107 Å². The number of nitrogens with zero attached hydrogens (tertiary/aromatic N) is 2. The van der Waals surface area contributed by atoms with Crippen molar-refractivity contribution >= 4 is 38.9 Å². The van der Waals surface area contributed by atoms with Gasteiger partial charge in [-0.2, -0.15) is 8.78 Å². The van der Waals surface area contributed by atoms with E-state index in [1.165, 1.54) is 42.5 Å². The number of hydrogen-bond donors (Lipinski definition) is 1. The third-order valence-electron chi connectivity index (χ3n) is 6.89. The van der Waals surface area contributed by atoms with Crippen molar-refractivity contribution < 1.29 is 31.5 Å². The van der Waals surface area contributed by atoms with E-state index in [9.17, 15) is 22.0 Å². The molecule has 5 rings (SSSR count). The van der Waals surface area contributed by atoms with Crippen LogP contribution in [0.4, 0.5) is 20.2 Å². The van der Waals surface area contributed by atoms with Crippen LogP contribution in [0.25, 0.3) is 0 Å². The Morgan fingerprint density at radius 3 is 2.40 bits per heavy atom. The van der Waals surface area contributed by atoms with Gasteiger partial charge in [0.1, 0.15) is 0 Å². The van der Waals surface area contributed by atoms with E-state index in [0.29, 0.717) is 17.9 Å². The molecule has 0 aliphatic heterocycles. The second-order valence-electron chi connectivity index (χ2n) is 9.92. The first kappa shape index (κ1) is 30.2. The van der Waals surface area contributed by atoms with E-state index in [4.69, 9.17) is 21.1 Å². The maximum absolute atomic E-state index is 13.2. The number of hydrogen-bond acceptors (Lipinski definition) is 7. The first-order valence-electron chi connectivity index (χ1n) is 13.5. The summed E-state index contributed by atoms with van der Waals surface area (Å²) >= 11 is 5.91. The van der Waals surface area contributed by atoms with Crippen LogP contribution in [0, 0.1) is 0 Å². The zero-order chi connectivity index (χ0) is 30.4. The van der Waals surface area contributed by atoms with Crippen molar-refractivity contribution in [1.82, 2.24) is 9.71 Å². The Labute approximate surface area is 253 Å². The van der Waals surface area contributed by atoms with Gasteiger partial charge in [0, 0.05) is 47.0 Å². The number of amides is 1. The average molecular weight is 628 g/mol. The summed E-state index contributed by atoms with van der Waals surface area (Å²) in [6.07, 6.45) is 6.93. The Morgan fingerprint density at radius 2 is 1.72 bits per heavy atom. The van der Waals surface area contributed by atoms with E-state index in [2.05, 4.69) is 9.71 Å². The summed E-state index contributed by atoms with van der Waals surface area (Å²) in [5.41, 5.74) is 2.25. The largest absolute Gasteiger partial charge is 0.486 e. The number of sulfonamides is 1. The van der Waals surface area contributed by atoms with Crippen LogP contribution in [0.3, 0.4) is 0 Å². The summed E-state index contributed by atoms with van der Waals surface area (Å²) in [6, 6.07) is 20.4. The summed E-state index contributed by atoms with van der Waals surface area (Å²) < 4.78 is 64.7. The van der Waals surface area contributed by atoms with Gasteiger partial charge in [-0.1, -0.05) is 23.7 Å². The van der Waals surface area contributed by atoms with Gasteiger partial charge in [0.15, 0.2) is 11.5 Å². The SMILES string of the molecule is O=C(NS(=O)(=O)c1cccc(Cl)c1)c1ccc(N(Cc2cccnc2)c2ccc(OC(F)F)c(OC3CCCC3)c2)cc1. The topological polar surface area (TPSA) is 97.8 Å². The van der Waals surface area contributed by atoms with E-state index in [1.54, 1.807) is 42.7 Å². The highest BCUT2D eigenvalue weighted by molar-refractivity contribution is 7.90. The number of halogens is 3. The first-order chi connectivity index (χ1) is 20.7. The molecule has 224 valence electrons. The van der Waals surface area contributed by atoms with Crippen molar-refractivity contribution in [3.8, 4) is 11.5 Å². The molecule has 0 unspecified atom stereocenters. The smallest absolute Gasteiger partial charge is 0.387 e. The lowest BCUT2D eigenvalue weighted by molar-refractivity contribution is -0.0520. The van der Waals surface area contributed by atoms with Gasteiger partial charge >= 0.3 is 6.61 Å². The van der Waals surface area contributed by atoms with Crippen LogP contribution in [0.15, 0.2) is 96.2 Å². The van der Waals surface area contributed by atoms with Crippen molar-refractivity contribution in [3.63, 3.8) is 0 Å². The number of benzene rings is 3. The van der Waals surface area contributed by atoms with Gasteiger partial charge in [0.25, 0.3) is 15.9 Å². The molecule has 0 atom stereocenters. The van der Waals surface area contributed by atoms with Crippen molar-refractivity contribution in [2.45, 2.75) is 49.8 Å². The number of rotatable bonds is 11. The van der Waals surface area contributed by atoms with E-state index >= 15 is 0 Å². The minimum absolute atomic E-state index is 0.0556. The molecule has 8 nitrogen and oxygen atoms in total. The molecule has 12 heteroatoms. The molecule has 0 bridgehead atoms. The predicted octanol–water partition coefficient (Wildman–Crippen LogP) is 7.11. The molecule has 1 aliphatic rings. The lowest BCUT2D eigenvalue weighted by Crippen LogP contribution is -2.30. The summed E-state index contributed by atoms with van der Waals surface area (Å²) in [7, 11) is -4.15. The third kappa shape index (κ3) is 7.79. The fourth-order valence-corrected chi connectivity index (χ4v) is 6.08. The second-order valence-corrected chi connectivity index (χ2v) is 12.0. The van der Waals surface area contributed by atoms with E-state index < -0.39 is 22.5 Å². The molecule has 1 aliphatic carbocycles. The lowest BCUT2D eigenvalue weighted by atomic mass is 10.1. The summed E-state index contributed by atoms with van der Waals surface area (Å²) in [5, 5.41) is 0.221. The highest BCUT2D eigenvalue weighted by Gasteiger charge is 2.23. The monoisotopic (exact) mass is 627 g/mol. The molecule has 4 aromatic rings. The van der Waals surface area contributed by atoms with Crippen molar-refractivity contribution in [1.29, 1.82) is 0 Å². The fraction of sp³-hybridized carbons (Fsp3) is 0.226. The summed E-state index contributed by atoms with van der Waals surface area (Å²) in [5.74, 6) is -0.658. The second kappa shape index (κ2) is 13.4. The maximum Gasteiger partial charge on any atom is 0.387 e. The molecular weight excluding hydrogens is 600 g/mol. The number of alkyl halides is 2. The van der Waals surface area contributed by atoms with Crippen LogP contribution in [-0.2, 0) is 16.6 Å². The summed E-state index contributed by atoms with van der Waals surface area (Å²) in [4.78, 5) is 18.8. The maximum atomic E-state index is 13.2. The van der Waals surface area contributed by atoms with E-state index in [1.807, 2.05) is 11.0 Å². The normalized spacial score (nSPS) is 13.6. The molecule has 0 radical (unpaired) electrons. The predicted molar refractivity (Wildman–Crippen MR) is 159 cm³/mol. The molecule has 3 aromatic carbocycles. The van der Waals surface area contributed by atoms with Gasteiger partial charge in [0.05, 0.1) is 11.0 Å². The molecule has 43 heavy (non-hydrogen) atoms. The fourth-order valence-electron chi connectivity index (χ4n) is 4.81. The van der Waals surface area contributed by atoms with Gasteiger partial charge in [-0.3, -0.25) is 9.78 Å². The molecule has 0 saturated heterocycles. The highest BCUT2D eigenvalue weighted by atomic mass is 35.5. The number of anilines is 2. The Bertz CT molecular complexity index is 1670. The van der Waals surface area contributed by atoms with Crippen LogP contribution < -0.4 is 19.1 Å². The average Bonchev–Trinajstić information content (AvgIpc) is 3.50. The lowest BCUT2D eigenvalue weighted by Gasteiger charge is -2.27. The van der Waals surface area contributed by atoms with Gasteiger partial charge in [-0.25, -0.2) is 13.1 Å². The molecule has 1 heterocycles. The number of carbonyl (C=O) groups excluding carboxylic acids is 1. The zero-order valence-corrected chi connectivity index (χ0v) is 24.4. The van der Waals surface area contributed by atoms with Crippen molar-refractivity contribution in [2.24, 2.45) is 0 Å². The Hall–Kier alpha value is -4.22. The molecule has 1 fully saturated rings. The van der Waals surface area contributed by atoms with Crippen molar-refractivity contribution in [2.75, 3.05) is 4.90 Å². The van der Waals surface area contributed by atoms with Crippen LogP contribution >= 0.6 is 11.6 Å². The molecule has 1 aromatic heterocycles. The minimum Gasteiger partial charge on any atom is -0.486 e. The van der Waals surface area contributed by atoms with Gasteiger partial charge in [-0.05, 0) is 91.9 Å². The van der Waals surface area contributed by atoms with E-state index in [0.717, 1.165) is 31.2 Å². The summed E-state index contributed by atoms with van der Waals surface area (Å²) in [6.45, 7) is -2.66. The Kier molecular flexibility index (Phi) is 9.42. The van der Waals surface area contributed by atoms with Crippen LogP contribution in [0.2, 0.25) is 5.02 Å². The first-order valence-corrected chi connectivity index (χ1v) is 15.4. The van der Waals surface area contributed by atoms with Crippen LogP contribution in [0.1, 0.15) is 41.6 Å². The van der Waals surface area contributed by atoms with Crippen LogP contribution in [-0.4, -0.2) is 32.0 Å².